The lowest BCUT2D eigenvalue weighted by Gasteiger charge is -2.37. The van der Waals surface area contributed by atoms with Crippen molar-refractivity contribution in [1.82, 2.24) is 9.80 Å². The summed E-state index contributed by atoms with van der Waals surface area (Å²) >= 11 is 1.70. The van der Waals surface area contributed by atoms with Gasteiger partial charge in [-0.25, -0.2) is 0 Å². The summed E-state index contributed by atoms with van der Waals surface area (Å²) in [5.74, 6) is 2.25. The van der Waals surface area contributed by atoms with Gasteiger partial charge in [-0.15, -0.1) is 11.3 Å². The molecule has 0 unspecified atom stereocenters. The molecule has 0 saturated carbocycles. The lowest BCUT2D eigenvalue weighted by atomic mass is 10.0. The number of ether oxygens (including phenoxy) is 4. The first-order valence-electron chi connectivity index (χ1n) is 12.4. The predicted molar refractivity (Wildman–Crippen MR) is 140 cm³/mol. The summed E-state index contributed by atoms with van der Waals surface area (Å²) in [7, 11) is 1.62. The minimum atomic E-state index is -0.238. The molecule has 3 heterocycles. The van der Waals surface area contributed by atoms with Gasteiger partial charge in [-0.1, -0.05) is 13.0 Å². The van der Waals surface area contributed by atoms with Crippen LogP contribution < -0.4 is 18.9 Å². The van der Waals surface area contributed by atoms with Crippen LogP contribution in [0.25, 0.3) is 0 Å². The molecule has 0 radical (unpaired) electrons. The van der Waals surface area contributed by atoms with Gasteiger partial charge < -0.3 is 28.7 Å². The van der Waals surface area contributed by atoms with Gasteiger partial charge >= 0.3 is 0 Å². The molecular weight excluding hydrogens is 492 g/mol. The molecule has 0 bridgehead atoms. The van der Waals surface area contributed by atoms with Crippen LogP contribution >= 0.6 is 11.3 Å². The zero-order chi connectivity index (χ0) is 25.8. The molecule has 0 aliphatic carbocycles. The number of carbonyl (C=O) groups excluding carboxylic acids is 2. The fourth-order valence-corrected chi connectivity index (χ4v) is 5.66. The number of nitrogens with zero attached hydrogens (tertiary/aromatic N) is 2. The summed E-state index contributed by atoms with van der Waals surface area (Å²) < 4.78 is 22.2. The van der Waals surface area contributed by atoms with Crippen molar-refractivity contribution in [2.24, 2.45) is 0 Å². The average molecular weight is 523 g/mol. The number of hydrogen-bond acceptors (Lipinski definition) is 7. The van der Waals surface area contributed by atoms with E-state index in [9.17, 15) is 9.59 Å². The van der Waals surface area contributed by atoms with E-state index in [4.69, 9.17) is 18.9 Å². The Labute approximate surface area is 220 Å². The lowest BCUT2D eigenvalue weighted by molar-refractivity contribution is -0.135. The predicted octanol–water partition coefficient (Wildman–Crippen LogP) is 4.54. The van der Waals surface area contributed by atoms with E-state index in [1.165, 1.54) is 4.88 Å². The van der Waals surface area contributed by atoms with Gasteiger partial charge in [-0.2, -0.15) is 0 Å². The summed E-state index contributed by atoms with van der Waals surface area (Å²) in [6.07, 6.45) is 1.53. The Morgan fingerprint density at radius 1 is 1.11 bits per heavy atom. The highest BCUT2D eigenvalue weighted by atomic mass is 32.1. The Morgan fingerprint density at radius 2 is 1.95 bits per heavy atom. The third-order valence-electron chi connectivity index (χ3n) is 6.59. The molecule has 194 valence electrons. The van der Waals surface area contributed by atoms with Crippen LogP contribution in [0.15, 0.2) is 53.9 Å². The maximum Gasteiger partial charge on any atom is 0.254 e. The first-order chi connectivity index (χ1) is 18.1. The van der Waals surface area contributed by atoms with E-state index in [0.717, 1.165) is 18.4 Å². The van der Waals surface area contributed by atoms with E-state index in [1.54, 1.807) is 41.5 Å². The SMILES string of the molecule is CCCN(CC(=O)N1CCc2sccc2[C@@H]1COc1cccc(OC)c1)C(=O)c1ccc2c(c1)OCO2. The molecule has 37 heavy (non-hydrogen) atoms. The maximum absolute atomic E-state index is 13.7. The van der Waals surface area contributed by atoms with Gasteiger partial charge in [0.1, 0.15) is 24.7 Å². The van der Waals surface area contributed by atoms with Crippen LogP contribution in [0.1, 0.15) is 40.2 Å². The molecular formula is C28H30N2O6S. The molecule has 0 saturated heterocycles. The summed E-state index contributed by atoms with van der Waals surface area (Å²) in [6.45, 7) is 3.50. The molecule has 0 N–H and O–H groups in total. The topological polar surface area (TPSA) is 77.5 Å². The maximum atomic E-state index is 13.7. The molecule has 1 atom stereocenters. The van der Waals surface area contributed by atoms with Gasteiger partial charge in [-0.05, 0) is 60.2 Å². The van der Waals surface area contributed by atoms with Crippen molar-refractivity contribution < 1.29 is 28.5 Å². The summed E-state index contributed by atoms with van der Waals surface area (Å²) in [6, 6.07) is 14.4. The van der Waals surface area contributed by atoms with Crippen molar-refractivity contribution >= 4 is 23.2 Å². The van der Waals surface area contributed by atoms with E-state index < -0.39 is 0 Å². The molecule has 2 aliphatic heterocycles. The summed E-state index contributed by atoms with van der Waals surface area (Å²) in [4.78, 5) is 31.8. The van der Waals surface area contributed by atoms with E-state index in [-0.39, 0.29) is 31.2 Å². The minimum absolute atomic E-state index is 0.00372. The van der Waals surface area contributed by atoms with Crippen LogP contribution in [-0.2, 0) is 11.2 Å². The fourth-order valence-electron chi connectivity index (χ4n) is 4.73. The van der Waals surface area contributed by atoms with Gasteiger partial charge in [0.2, 0.25) is 12.7 Å². The lowest BCUT2D eigenvalue weighted by Crippen LogP contribution is -2.48. The highest BCUT2D eigenvalue weighted by Gasteiger charge is 2.33. The fraction of sp³-hybridized carbons (Fsp3) is 0.357. The number of amides is 2. The Hall–Kier alpha value is -3.72. The van der Waals surface area contributed by atoms with E-state index in [2.05, 4.69) is 11.4 Å². The summed E-state index contributed by atoms with van der Waals surface area (Å²) in [5.41, 5.74) is 1.58. The van der Waals surface area contributed by atoms with E-state index in [1.807, 2.05) is 36.1 Å². The second-order valence-electron chi connectivity index (χ2n) is 8.94. The average Bonchev–Trinajstić information content (AvgIpc) is 3.60. The molecule has 3 aromatic rings. The number of carbonyl (C=O) groups is 2. The molecule has 5 rings (SSSR count). The second kappa shape index (κ2) is 11.1. The van der Waals surface area contributed by atoms with Crippen LogP contribution in [-0.4, -0.2) is 61.8 Å². The van der Waals surface area contributed by atoms with Crippen molar-refractivity contribution in [3.8, 4) is 23.0 Å². The first kappa shape index (κ1) is 25.0. The quantitative estimate of drug-likeness (QED) is 0.411. The van der Waals surface area contributed by atoms with Crippen LogP contribution in [0.3, 0.4) is 0 Å². The number of rotatable bonds is 9. The van der Waals surface area contributed by atoms with Crippen LogP contribution in [0.5, 0.6) is 23.0 Å². The highest BCUT2D eigenvalue weighted by Crippen LogP contribution is 2.35. The number of fused-ring (bicyclic) bond motifs is 2. The Balaban J connectivity index is 1.33. The number of methoxy groups -OCH3 is 1. The van der Waals surface area contributed by atoms with Crippen LogP contribution in [0, 0.1) is 0 Å². The molecule has 9 heteroatoms. The normalized spacial score (nSPS) is 15.7. The molecule has 0 spiro atoms. The Kier molecular flexibility index (Phi) is 7.50. The van der Waals surface area contributed by atoms with Gasteiger partial charge in [0.15, 0.2) is 11.5 Å². The van der Waals surface area contributed by atoms with E-state index >= 15 is 0 Å². The third kappa shape index (κ3) is 5.36. The Bertz CT molecular complexity index is 1280. The van der Waals surface area contributed by atoms with Crippen molar-refractivity contribution in [2.75, 3.05) is 40.1 Å². The smallest absolute Gasteiger partial charge is 0.254 e. The summed E-state index contributed by atoms with van der Waals surface area (Å²) in [5, 5.41) is 2.06. The zero-order valence-electron chi connectivity index (χ0n) is 21.0. The molecule has 8 nitrogen and oxygen atoms in total. The number of benzene rings is 2. The van der Waals surface area contributed by atoms with Crippen LogP contribution in [0.2, 0.25) is 0 Å². The van der Waals surface area contributed by atoms with Crippen molar-refractivity contribution in [1.29, 1.82) is 0 Å². The molecule has 2 aromatic carbocycles. The van der Waals surface area contributed by atoms with Crippen molar-refractivity contribution in [3.63, 3.8) is 0 Å². The van der Waals surface area contributed by atoms with Gasteiger partial charge in [0, 0.05) is 29.6 Å². The third-order valence-corrected chi connectivity index (χ3v) is 7.59. The largest absolute Gasteiger partial charge is 0.497 e. The van der Waals surface area contributed by atoms with Crippen molar-refractivity contribution in [3.05, 3.63) is 69.9 Å². The van der Waals surface area contributed by atoms with Crippen LogP contribution in [0.4, 0.5) is 0 Å². The second-order valence-corrected chi connectivity index (χ2v) is 9.94. The van der Waals surface area contributed by atoms with Gasteiger partial charge in [-0.3, -0.25) is 9.59 Å². The van der Waals surface area contributed by atoms with Crippen molar-refractivity contribution in [2.45, 2.75) is 25.8 Å². The standard InChI is InChI=1S/C28H30N2O6S/c1-3-11-29(28(32)19-7-8-24-25(14-19)36-18-35-24)16-27(31)30-12-9-26-22(10-13-37-26)23(30)17-34-21-6-4-5-20(15-21)33-2/h4-8,10,13-15,23H,3,9,11-12,16-18H2,1-2H3/t23-/m0/s1. The minimum Gasteiger partial charge on any atom is -0.497 e. The molecule has 2 amide bonds. The monoisotopic (exact) mass is 522 g/mol. The van der Waals surface area contributed by atoms with Gasteiger partial charge in [0.25, 0.3) is 5.91 Å². The highest BCUT2D eigenvalue weighted by molar-refractivity contribution is 7.10. The molecule has 0 fully saturated rings. The molecule has 1 aromatic heterocycles. The van der Waals surface area contributed by atoms with E-state index in [0.29, 0.717) is 48.3 Å². The zero-order valence-corrected chi connectivity index (χ0v) is 21.8. The Morgan fingerprint density at radius 3 is 2.78 bits per heavy atom. The first-order valence-corrected chi connectivity index (χ1v) is 13.3. The molecule has 2 aliphatic rings. The van der Waals surface area contributed by atoms with Gasteiger partial charge in [0.05, 0.1) is 13.2 Å². The number of thiophene rings is 1. The number of hydrogen-bond donors (Lipinski definition) is 0.